The number of alkyl halides is 7. The predicted octanol–water partition coefficient (Wildman–Crippen LogP) is 7.01. The summed E-state index contributed by atoms with van der Waals surface area (Å²) in [5.74, 6) is 0. The highest BCUT2D eigenvalue weighted by atomic mass is 35.6. The lowest BCUT2D eigenvalue weighted by Crippen LogP contribution is -2.45. The fourth-order valence-electron chi connectivity index (χ4n) is 1.85. The second kappa shape index (κ2) is 5.74. The number of hydrogen-bond donors (Lipinski definition) is 0. The van der Waals surface area contributed by atoms with Gasteiger partial charge < -0.3 is 0 Å². The zero-order valence-electron chi connectivity index (χ0n) is 9.69. The Morgan fingerprint density at radius 2 is 1.20 bits per heavy atom. The highest BCUT2D eigenvalue weighted by Crippen LogP contribution is 2.61. The van der Waals surface area contributed by atoms with Crippen LogP contribution in [0.5, 0.6) is 0 Å². The summed E-state index contributed by atoms with van der Waals surface area (Å²) in [6.07, 6.45) is 0. The molecule has 0 radical (unpaired) electrons. The zero-order chi connectivity index (χ0) is 15.2. The van der Waals surface area contributed by atoms with Crippen LogP contribution >= 0.6 is 81.2 Å². The van der Waals surface area contributed by atoms with Gasteiger partial charge in [0.05, 0.1) is 0 Å². The topological polar surface area (TPSA) is 0 Å². The molecule has 0 unspecified atom stereocenters. The molecule has 0 saturated heterocycles. The van der Waals surface area contributed by atoms with Crippen LogP contribution in [-0.2, 0) is 4.33 Å². The molecule has 20 heavy (non-hydrogen) atoms. The van der Waals surface area contributed by atoms with Gasteiger partial charge in [-0.25, -0.2) is 0 Å². The molecular weight excluding hydrogens is 404 g/mol. The van der Waals surface area contributed by atoms with Crippen molar-refractivity contribution in [3.05, 3.63) is 48.0 Å². The molecule has 0 saturated carbocycles. The summed E-state index contributed by atoms with van der Waals surface area (Å²) >= 11 is 42.4. The van der Waals surface area contributed by atoms with E-state index in [4.69, 9.17) is 81.2 Å². The van der Waals surface area contributed by atoms with Crippen LogP contribution in [0, 0.1) is 0 Å². The quantitative estimate of drug-likeness (QED) is 0.466. The summed E-state index contributed by atoms with van der Waals surface area (Å²) in [5, 5.41) is 1.70. The van der Waals surface area contributed by atoms with Crippen LogP contribution < -0.4 is 0 Å². The number of hydrogen-bond acceptors (Lipinski definition) is 0. The summed E-state index contributed by atoms with van der Waals surface area (Å²) < 4.78 is -5.93. The maximum atomic E-state index is 6.37. The lowest BCUT2D eigenvalue weighted by molar-refractivity contribution is 0.703. The van der Waals surface area contributed by atoms with E-state index >= 15 is 0 Å². The van der Waals surface area contributed by atoms with Gasteiger partial charge in [0.15, 0.2) is 4.33 Å². The number of fused-ring (bicyclic) bond motifs is 1. The standard InChI is InChI=1S/C13H7Cl7/c14-11(15,12(16,17)13(18,19)20)10-7-3-5-8-4-1-2-6-9(8)10/h1-7H. The molecule has 7 heteroatoms. The average molecular weight is 411 g/mol. The Morgan fingerprint density at radius 3 is 1.80 bits per heavy atom. The third-order valence-corrected chi connectivity index (χ3v) is 6.80. The lowest BCUT2D eigenvalue weighted by atomic mass is 10.00. The molecule has 0 fully saturated rings. The Morgan fingerprint density at radius 1 is 0.650 bits per heavy atom. The third kappa shape index (κ3) is 2.82. The molecule has 0 bridgehead atoms. The van der Waals surface area contributed by atoms with Crippen LogP contribution in [-0.4, -0.2) is 8.13 Å². The predicted molar refractivity (Wildman–Crippen MR) is 92.1 cm³/mol. The number of halogens is 7. The van der Waals surface area contributed by atoms with E-state index in [1.54, 1.807) is 12.1 Å². The van der Waals surface area contributed by atoms with Gasteiger partial charge in [0.1, 0.15) is 0 Å². The fourth-order valence-corrected chi connectivity index (χ4v) is 3.38. The van der Waals surface area contributed by atoms with E-state index in [9.17, 15) is 0 Å². The first-order valence-electron chi connectivity index (χ1n) is 5.39. The van der Waals surface area contributed by atoms with Gasteiger partial charge in [0, 0.05) is 0 Å². The second-order valence-corrected chi connectivity index (χ2v) is 9.11. The summed E-state index contributed by atoms with van der Waals surface area (Å²) in [6, 6.07) is 12.9. The minimum absolute atomic E-state index is 0.468. The summed E-state index contributed by atoms with van der Waals surface area (Å²) in [5.41, 5.74) is 0.468. The van der Waals surface area contributed by atoms with Gasteiger partial charge >= 0.3 is 0 Å². The Labute approximate surface area is 151 Å². The van der Waals surface area contributed by atoms with E-state index < -0.39 is 12.5 Å². The first kappa shape index (κ1) is 17.1. The van der Waals surface area contributed by atoms with Crippen molar-refractivity contribution in [3.63, 3.8) is 0 Å². The van der Waals surface area contributed by atoms with Crippen LogP contribution in [0.15, 0.2) is 42.5 Å². The van der Waals surface area contributed by atoms with Crippen molar-refractivity contribution in [1.29, 1.82) is 0 Å². The highest BCUT2D eigenvalue weighted by Gasteiger charge is 2.61. The third-order valence-electron chi connectivity index (χ3n) is 2.88. The molecule has 0 heterocycles. The molecule has 0 N–H and O–H groups in total. The minimum atomic E-state index is -2.07. The Bertz CT molecular complexity index is 623. The molecule has 2 aromatic carbocycles. The van der Waals surface area contributed by atoms with Gasteiger partial charge in [-0.3, -0.25) is 0 Å². The minimum Gasteiger partial charge on any atom is -0.0930 e. The zero-order valence-corrected chi connectivity index (χ0v) is 15.0. The smallest absolute Gasteiger partial charge is 0.0930 e. The van der Waals surface area contributed by atoms with Crippen molar-refractivity contribution in [2.75, 3.05) is 0 Å². The Balaban J connectivity index is 2.69. The van der Waals surface area contributed by atoms with Gasteiger partial charge in [0.2, 0.25) is 8.13 Å². The van der Waals surface area contributed by atoms with Crippen LogP contribution in [0.25, 0.3) is 10.8 Å². The molecule has 0 spiro atoms. The van der Waals surface area contributed by atoms with Gasteiger partial charge in [-0.05, 0) is 16.3 Å². The number of rotatable bonds is 2. The van der Waals surface area contributed by atoms with Crippen molar-refractivity contribution < 1.29 is 0 Å². The maximum Gasteiger partial charge on any atom is 0.226 e. The van der Waals surface area contributed by atoms with Crippen LogP contribution in [0.1, 0.15) is 5.56 Å². The van der Waals surface area contributed by atoms with Crippen molar-refractivity contribution >= 4 is 92.0 Å². The van der Waals surface area contributed by atoms with Crippen molar-refractivity contribution in [2.24, 2.45) is 0 Å². The van der Waals surface area contributed by atoms with Crippen molar-refractivity contribution in [1.82, 2.24) is 0 Å². The van der Waals surface area contributed by atoms with Gasteiger partial charge in [0.25, 0.3) is 0 Å². The van der Waals surface area contributed by atoms with E-state index in [-0.39, 0.29) is 0 Å². The van der Waals surface area contributed by atoms with Crippen molar-refractivity contribution in [3.8, 4) is 0 Å². The molecule has 0 amide bonds. The maximum absolute atomic E-state index is 6.37. The normalized spacial score (nSPS) is 13.8. The van der Waals surface area contributed by atoms with E-state index in [1.807, 2.05) is 30.3 Å². The van der Waals surface area contributed by atoms with Gasteiger partial charge in [-0.2, -0.15) is 0 Å². The van der Waals surface area contributed by atoms with Gasteiger partial charge in [-0.15, -0.1) is 0 Å². The summed E-state index contributed by atoms with van der Waals surface area (Å²) in [7, 11) is 0. The molecular formula is C13H7Cl7. The van der Waals surface area contributed by atoms with Crippen LogP contribution in [0.2, 0.25) is 0 Å². The number of benzene rings is 2. The average Bonchev–Trinajstić information content (AvgIpc) is 2.36. The molecule has 0 atom stereocenters. The monoisotopic (exact) mass is 408 g/mol. The summed E-state index contributed by atoms with van der Waals surface area (Å²) in [6.45, 7) is 0. The molecule has 0 aliphatic carbocycles. The summed E-state index contributed by atoms with van der Waals surface area (Å²) in [4.78, 5) is 0. The van der Waals surface area contributed by atoms with E-state index in [2.05, 4.69) is 0 Å². The first-order valence-corrected chi connectivity index (χ1v) is 8.04. The molecule has 0 aromatic heterocycles. The SMILES string of the molecule is ClC(Cl)(Cl)C(Cl)(Cl)C(Cl)(Cl)c1cccc2ccccc12. The van der Waals surface area contributed by atoms with Crippen LogP contribution in [0.3, 0.4) is 0 Å². The van der Waals surface area contributed by atoms with E-state index in [0.29, 0.717) is 5.56 Å². The molecule has 0 aliphatic rings. The Kier molecular flexibility index (Phi) is 4.90. The van der Waals surface area contributed by atoms with Gasteiger partial charge in [-0.1, -0.05) is 124 Å². The second-order valence-electron chi connectivity index (χ2n) is 4.17. The molecule has 2 rings (SSSR count). The highest BCUT2D eigenvalue weighted by molar-refractivity contribution is 6.78. The largest absolute Gasteiger partial charge is 0.226 e. The Hall–Kier alpha value is 0.730. The van der Waals surface area contributed by atoms with Crippen molar-refractivity contribution in [2.45, 2.75) is 12.5 Å². The molecule has 2 aromatic rings. The van der Waals surface area contributed by atoms with E-state index in [0.717, 1.165) is 10.8 Å². The molecule has 0 nitrogen and oxygen atoms in total. The fraction of sp³-hybridized carbons (Fsp3) is 0.231. The first-order chi connectivity index (χ1) is 9.09. The molecule has 0 aliphatic heterocycles. The lowest BCUT2D eigenvalue weighted by Gasteiger charge is -2.38. The van der Waals surface area contributed by atoms with E-state index in [1.165, 1.54) is 0 Å². The van der Waals surface area contributed by atoms with Crippen LogP contribution in [0.4, 0.5) is 0 Å². The molecule has 108 valence electrons.